The molecule has 0 atom stereocenters. The van der Waals surface area contributed by atoms with Crippen LogP contribution in [0.4, 0.5) is 4.39 Å². The fraction of sp³-hybridized carbons (Fsp3) is 0.300. The summed E-state index contributed by atoms with van der Waals surface area (Å²) in [4.78, 5) is 0. The molecular weight excluding hydrogens is 233 g/mol. The summed E-state index contributed by atoms with van der Waals surface area (Å²) in [6, 6.07) is 3.81. The number of halogens is 2. The van der Waals surface area contributed by atoms with Gasteiger partial charge < -0.3 is 0 Å². The summed E-state index contributed by atoms with van der Waals surface area (Å²) in [5.41, 5.74) is 1.92. The summed E-state index contributed by atoms with van der Waals surface area (Å²) >= 11 is 3.25. The second kappa shape index (κ2) is 3.89. The van der Waals surface area contributed by atoms with E-state index in [0.717, 1.165) is 10.0 Å². The first-order valence-corrected chi connectivity index (χ1v) is 4.68. The second-order valence-electron chi connectivity index (χ2n) is 2.92. The summed E-state index contributed by atoms with van der Waals surface area (Å²) in [6.07, 6.45) is 0.252. The molecule has 0 spiro atoms. The molecule has 0 bridgehead atoms. The van der Waals surface area contributed by atoms with Crippen molar-refractivity contribution in [3.8, 4) is 6.07 Å². The van der Waals surface area contributed by atoms with E-state index in [0.29, 0.717) is 11.1 Å². The number of nitriles is 1. The molecule has 0 aliphatic heterocycles. The molecule has 0 saturated heterocycles. The molecular formula is C10H9BrFN. The van der Waals surface area contributed by atoms with Crippen molar-refractivity contribution in [2.75, 3.05) is 0 Å². The van der Waals surface area contributed by atoms with Gasteiger partial charge in [0.15, 0.2) is 0 Å². The van der Waals surface area contributed by atoms with Gasteiger partial charge in [-0.05, 0) is 36.6 Å². The lowest BCUT2D eigenvalue weighted by molar-refractivity contribution is 0.605. The fourth-order valence-corrected chi connectivity index (χ4v) is 1.62. The number of rotatable bonds is 1. The van der Waals surface area contributed by atoms with Crippen LogP contribution in [0, 0.1) is 31.0 Å². The molecule has 1 nitrogen and oxygen atoms in total. The first kappa shape index (κ1) is 10.2. The number of nitrogens with zero attached hydrogens (tertiary/aromatic N) is 1. The maximum Gasteiger partial charge on any atom is 0.130 e. The normalized spacial score (nSPS) is 9.77. The van der Waals surface area contributed by atoms with E-state index in [1.165, 1.54) is 0 Å². The minimum absolute atomic E-state index is 0.223. The SMILES string of the molecule is Cc1c(Br)cc(CC#N)c(C)c1F. The van der Waals surface area contributed by atoms with Gasteiger partial charge in [0, 0.05) is 4.47 Å². The third-order valence-electron chi connectivity index (χ3n) is 2.07. The van der Waals surface area contributed by atoms with Gasteiger partial charge in [-0.2, -0.15) is 5.26 Å². The Morgan fingerprint density at radius 2 is 2.08 bits per heavy atom. The first-order valence-electron chi connectivity index (χ1n) is 3.89. The second-order valence-corrected chi connectivity index (χ2v) is 3.77. The van der Waals surface area contributed by atoms with E-state index in [9.17, 15) is 4.39 Å². The fourth-order valence-electron chi connectivity index (χ4n) is 1.17. The zero-order chi connectivity index (χ0) is 10.0. The quantitative estimate of drug-likeness (QED) is 0.741. The average Bonchev–Trinajstić information content (AvgIpc) is 2.11. The molecule has 0 aliphatic rings. The van der Waals surface area contributed by atoms with Gasteiger partial charge in [0.05, 0.1) is 12.5 Å². The van der Waals surface area contributed by atoms with Gasteiger partial charge in [-0.1, -0.05) is 15.9 Å². The highest BCUT2D eigenvalue weighted by Crippen LogP contribution is 2.25. The Morgan fingerprint density at radius 1 is 1.46 bits per heavy atom. The number of benzene rings is 1. The topological polar surface area (TPSA) is 23.8 Å². The predicted molar refractivity (Wildman–Crippen MR) is 52.9 cm³/mol. The van der Waals surface area contributed by atoms with E-state index < -0.39 is 0 Å². The minimum Gasteiger partial charge on any atom is -0.206 e. The van der Waals surface area contributed by atoms with Gasteiger partial charge in [-0.25, -0.2) is 4.39 Å². The standard InChI is InChI=1S/C10H9BrFN/c1-6-8(3-4-13)5-9(11)7(2)10(6)12/h5H,3H2,1-2H3. The molecule has 68 valence electrons. The highest BCUT2D eigenvalue weighted by molar-refractivity contribution is 9.10. The zero-order valence-corrected chi connectivity index (χ0v) is 9.07. The average molecular weight is 242 g/mol. The van der Waals surface area contributed by atoms with Gasteiger partial charge in [-0.3, -0.25) is 0 Å². The third-order valence-corrected chi connectivity index (χ3v) is 2.89. The molecule has 0 saturated carbocycles. The molecule has 0 unspecified atom stereocenters. The molecule has 13 heavy (non-hydrogen) atoms. The van der Waals surface area contributed by atoms with E-state index in [1.54, 1.807) is 19.9 Å². The van der Waals surface area contributed by atoms with Crippen molar-refractivity contribution in [3.63, 3.8) is 0 Å². The monoisotopic (exact) mass is 241 g/mol. The highest BCUT2D eigenvalue weighted by Gasteiger charge is 2.10. The van der Waals surface area contributed by atoms with Crippen molar-refractivity contribution in [1.29, 1.82) is 5.26 Å². The lowest BCUT2D eigenvalue weighted by Gasteiger charge is -2.07. The van der Waals surface area contributed by atoms with Crippen LogP contribution in [-0.2, 0) is 6.42 Å². The van der Waals surface area contributed by atoms with E-state index in [-0.39, 0.29) is 12.2 Å². The molecule has 0 amide bonds. The van der Waals surface area contributed by atoms with Gasteiger partial charge in [0.2, 0.25) is 0 Å². The van der Waals surface area contributed by atoms with Crippen molar-refractivity contribution in [1.82, 2.24) is 0 Å². The Morgan fingerprint density at radius 3 is 2.62 bits per heavy atom. The Kier molecular flexibility index (Phi) is 3.05. The molecule has 0 heterocycles. The summed E-state index contributed by atoms with van der Waals surface area (Å²) in [5, 5.41) is 8.51. The third kappa shape index (κ3) is 1.89. The van der Waals surface area contributed by atoms with E-state index in [2.05, 4.69) is 15.9 Å². The Hall–Kier alpha value is -0.880. The molecule has 3 heteroatoms. The van der Waals surface area contributed by atoms with Gasteiger partial charge in [0.1, 0.15) is 5.82 Å². The van der Waals surface area contributed by atoms with Crippen LogP contribution in [0.5, 0.6) is 0 Å². The largest absolute Gasteiger partial charge is 0.206 e. The molecule has 0 aliphatic carbocycles. The lowest BCUT2D eigenvalue weighted by Crippen LogP contribution is -1.96. The maximum atomic E-state index is 13.4. The molecule has 1 aromatic rings. The molecule has 0 radical (unpaired) electrons. The van der Waals surface area contributed by atoms with E-state index >= 15 is 0 Å². The van der Waals surface area contributed by atoms with Crippen LogP contribution in [-0.4, -0.2) is 0 Å². The molecule has 1 rings (SSSR count). The summed E-state index contributed by atoms with van der Waals surface area (Å²) < 4.78 is 14.2. The molecule has 0 N–H and O–H groups in total. The minimum atomic E-state index is -0.223. The van der Waals surface area contributed by atoms with Gasteiger partial charge in [-0.15, -0.1) is 0 Å². The van der Waals surface area contributed by atoms with Crippen LogP contribution < -0.4 is 0 Å². The van der Waals surface area contributed by atoms with Crippen molar-refractivity contribution in [2.24, 2.45) is 0 Å². The molecule has 0 aromatic heterocycles. The lowest BCUT2D eigenvalue weighted by atomic mass is 10.0. The van der Waals surface area contributed by atoms with Crippen LogP contribution in [0.1, 0.15) is 16.7 Å². The first-order chi connectivity index (χ1) is 6.07. The summed E-state index contributed by atoms with van der Waals surface area (Å²) in [6.45, 7) is 3.41. The van der Waals surface area contributed by atoms with Crippen LogP contribution >= 0.6 is 15.9 Å². The smallest absolute Gasteiger partial charge is 0.130 e. The van der Waals surface area contributed by atoms with Crippen LogP contribution in [0.3, 0.4) is 0 Å². The Balaban J connectivity index is 3.34. The van der Waals surface area contributed by atoms with Crippen molar-refractivity contribution >= 4 is 15.9 Å². The Labute approximate surface area is 85.3 Å². The van der Waals surface area contributed by atoms with Crippen LogP contribution in [0.2, 0.25) is 0 Å². The highest BCUT2D eigenvalue weighted by atomic mass is 79.9. The maximum absolute atomic E-state index is 13.4. The van der Waals surface area contributed by atoms with Gasteiger partial charge in [0.25, 0.3) is 0 Å². The summed E-state index contributed by atoms with van der Waals surface area (Å²) in [5.74, 6) is -0.223. The Bertz CT molecular complexity index is 379. The van der Waals surface area contributed by atoms with Crippen LogP contribution in [0.25, 0.3) is 0 Å². The van der Waals surface area contributed by atoms with Crippen molar-refractivity contribution in [2.45, 2.75) is 20.3 Å². The number of hydrogen-bond donors (Lipinski definition) is 0. The van der Waals surface area contributed by atoms with Gasteiger partial charge >= 0.3 is 0 Å². The van der Waals surface area contributed by atoms with Crippen molar-refractivity contribution < 1.29 is 4.39 Å². The summed E-state index contributed by atoms with van der Waals surface area (Å²) in [7, 11) is 0. The number of hydrogen-bond acceptors (Lipinski definition) is 1. The van der Waals surface area contributed by atoms with E-state index in [1.807, 2.05) is 6.07 Å². The van der Waals surface area contributed by atoms with E-state index in [4.69, 9.17) is 5.26 Å². The zero-order valence-electron chi connectivity index (χ0n) is 7.49. The molecule has 0 fully saturated rings. The predicted octanol–water partition coefficient (Wildman–Crippen LogP) is 3.27. The van der Waals surface area contributed by atoms with Crippen LogP contribution in [0.15, 0.2) is 10.5 Å². The van der Waals surface area contributed by atoms with Crippen molar-refractivity contribution in [3.05, 3.63) is 33.0 Å². The molecule has 1 aromatic carbocycles.